The van der Waals surface area contributed by atoms with Crippen LogP contribution in [-0.4, -0.2) is 31.9 Å². The van der Waals surface area contributed by atoms with Crippen LogP contribution in [0.25, 0.3) is 11.1 Å². The van der Waals surface area contributed by atoms with Crippen LogP contribution in [-0.2, 0) is 5.72 Å². The lowest BCUT2D eigenvalue weighted by Gasteiger charge is -2.42. The van der Waals surface area contributed by atoms with Crippen LogP contribution in [0.2, 0.25) is 0 Å². The Morgan fingerprint density at radius 1 is 1.22 bits per heavy atom. The quantitative estimate of drug-likeness (QED) is 0.753. The van der Waals surface area contributed by atoms with Crippen molar-refractivity contribution in [1.29, 1.82) is 0 Å². The van der Waals surface area contributed by atoms with Gasteiger partial charge in [0.2, 0.25) is 0 Å². The van der Waals surface area contributed by atoms with E-state index in [4.69, 9.17) is 0 Å². The van der Waals surface area contributed by atoms with E-state index < -0.39 is 24.0 Å². The Morgan fingerprint density at radius 2 is 1.83 bits per heavy atom. The smallest absolute Gasteiger partial charge is 0.371 e. The monoisotopic (exact) mass is 327 g/mol. The van der Waals surface area contributed by atoms with Crippen molar-refractivity contribution in [2.24, 2.45) is 0 Å². The molecule has 0 saturated carbocycles. The Morgan fingerprint density at radius 3 is 2.39 bits per heavy atom. The first-order chi connectivity index (χ1) is 10.6. The summed E-state index contributed by atoms with van der Waals surface area (Å²) in [6, 6.07) is 8.72. The zero-order valence-electron chi connectivity index (χ0n) is 12.5. The van der Waals surface area contributed by atoms with Crippen molar-refractivity contribution < 1.29 is 23.4 Å². The number of rotatable bonds is 1. The summed E-state index contributed by atoms with van der Waals surface area (Å²) in [5.41, 5.74) is -3.85. The second kappa shape index (κ2) is 4.72. The molecule has 0 radical (unpaired) electrons. The molecule has 0 spiro atoms. The molecule has 8 heteroatoms. The first-order valence-electron chi connectivity index (χ1n) is 7.00. The fourth-order valence-corrected chi connectivity index (χ4v) is 2.94. The number of hydrogen-bond donors (Lipinski definition) is 3. The number of aliphatic hydroxyl groups is 2. The summed E-state index contributed by atoms with van der Waals surface area (Å²) in [7, 11) is 0. The molecule has 0 bridgehead atoms. The molecule has 2 aromatic rings. The van der Waals surface area contributed by atoms with Crippen LogP contribution in [0.1, 0.15) is 19.0 Å². The molecule has 0 saturated heterocycles. The van der Waals surface area contributed by atoms with Crippen molar-refractivity contribution in [3.8, 4) is 11.1 Å². The molecule has 2 unspecified atom stereocenters. The average Bonchev–Trinajstić information content (AvgIpc) is 2.74. The van der Waals surface area contributed by atoms with Crippen LogP contribution in [0.5, 0.6) is 0 Å². The van der Waals surface area contributed by atoms with E-state index in [2.05, 4.69) is 10.4 Å². The lowest BCUT2D eigenvalue weighted by atomic mass is 9.96. The summed E-state index contributed by atoms with van der Waals surface area (Å²) in [6.07, 6.45) is -5.95. The van der Waals surface area contributed by atoms with Crippen molar-refractivity contribution in [2.75, 3.05) is 5.32 Å². The number of alkyl halides is 3. The zero-order valence-corrected chi connectivity index (χ0v) is 12.5. The molecular formula is C15H16F3N3O2. The fourth-order valence-electron chi connectivity index (χ4n) is 2.94. The molecule has 5 nitrogen and oxygen atoms in total. The largest absolute Gasteiger partial charge is 0.438 e. The number of nitrogens with zero attached hydrogens (tertiary/aromatic N) is 2. The summed E-state index contributed by atoms with van der Waals surface area (Å²) in [5.74, 6) is -0.0650. The first kappa shape index (κ1) is 15.8. The van der Waals surface area contributed by atoms with E-state index in [0.29, 0.717) is 21.5 Å². The number of nitrogens with one attached hydrogen (secondary N) is 1. The highest BCUT2D eigenvalue weighted by atomic mass is 19.4. The Balaban J connectivity index is 2.28. The maximum absolute atomic E-state index is 13.4. The minimum Gasteiger partial charge on any atom is -0.371 e. The van der Waals surface area contributed by atoms with Gasteiger partial charge in [0.05, 0.1) is 12.1 Å². The van der Waals surface area contributed by atoms with E-state index in [-0.39, 0.29) is 5.82 Å². The van der Waals surface area contributed by atoms with E-state index in [1.807, 2.05) is 0 Å². The van der Waals surface area contributed by atoms with Crippen LogP contribution in [0.3, 0.4) is 0 Å². The maximum Gasteiger partial charge on any atom is 0.438 e. The van der Waals surface area contributed by atoms with Crippen LogP contribution < -0.4 is 5.32 Å². The molecule has 1 aliphatic rings. The Hall–Kier alpha value is -2.06. The molecule has 1 aliphatic heterocycles. The highest BCUT2D eigenvalue weighted by Gasteiger charge is 2.62. The third-order valence-corrected chi connectivity index (χ3v) is 3.91. The third kappa shape index (κ3) is 2.38. The standard InChI is InChI=1S/C15H16F3N3O2/c1-9-11(10-6-4-3-5-7-10)12-19-13(2,22)8-14(23,15(16,17)18)21(12)20-9/h3-7,19,22-23H,8H2,1-2H3. The number of aromatic nitrogens is 2. The average molecular weight is 327 g/mol. The van der Waals surface area contributed by atoms with Crippen LogP contribution >= 0.6 is 0 Å². The third-order valence-electron chi connectivity index (χ3n) is 3.91. The summed E-state index contributed by atoms with van der Waals surface area (Å²) in [6.45, 7) is 2.74. The Kier molecular flexibility index (Phi) is 3.24. The molecule has 2 atom stereocenters. The molecule has 1 aromatic heterocycles. The molecule has 0 amide bonds. The maximum atomic E-state index is 13.4. The molecule has 23 heavy (non-hydrogen) atoms. The molecule has 2 heterocycles. The van der Waals surface area contributed by atoms with E-state index in [1.165, 1.54) is 6.92 Å². The van der Waals surface area contributed by atoms with Gasteiger partial charge in [0.15, 0.2) is 0 Å². The molecule has 0 fully saturated rings. The van der Waals surface area contributed by atoms with Gasteiger partial charge >= 0.3 is 6.18 Å². The second-order valence-electron chi connectivity index (χ2n) is 5.98. The second-order valence-corrected chi connectivity index (χ2v) is 5.98. The van der Waals surface area contributed by atoms with E-state index >= 15 is 0 Å². The van der Waals surface area contributed by atoms with Crippen molar-refractivity contribution in [1.82, 2.24) is 9.78 Å². The van der Waals surface area contributed by atoms with Gasteiger partial charge in [-0.1, -0.05) is 30.3 Å². The molecular weight excluding hydrogens is 311 g/mol. The van der Waals surface area contributed by atoms with Crippen molar-refractivity contribution in [3.63, 3.8) is 0 Å². The number of halogens is 3. The Labute approximate surface area is 130 Å². The van der Waals surface area contributed by atoms with Crippen molar-refractivity contribution in [2.45, 2.75) is 37.9 Å². The lowest BCUT2D eigenvalue weighted by molar-refractivity contribution is -0.318. The SMILES string of the molecule is Cc1nn2c(c1-c1ccccc1)NC(C)(O)CC2(O)C(F)(F)F. The topological polar surface area (TPSA) is 70.3 Å². The fraction of sp³-hybridized carbons (Fsp3) is 0.400. The van der Waals surface area contributed by atoms with E-state index in [9.17, 15) is 23.4 Å². The van der Waals surface area contributed by atoms with Gasteiger partial charge in [-0.15, -0.1) is 0 Å². The van der Waals surface area contributed by atoms with E-state index in [0.717, 1.165) is 0 Å². The van der Waals surface area contributed by atoms with Gasteiger partial charge in [-0.25, -0.2) is 4.68 Å². The summed E-state index contributed by atoms with van der Waals surface area (Å²) < 4.78 is 40.8. The van der Waals surface area contributed by atoms with Gasteiger partial charge in [0.1, 0.15) is 11.5 Å². The minimum absolute atomic E-state index is 0.0650. The molecule has 0 aliphatic carbocycles. The van der Waals surface area contributed by atoms with Crippen molar-refractivity contribution >= 4 is 5.82 Å². The van der Waals surface area contributed by atoms with Gasteiger partial charge in [0, 0.05) is 5.56 Å². The molecule has 3 N–H and O–H groups in total. The number of benzene rings is 1. The van der Waals surface area contributed by atoms with Crippen LogP contribution in [0.15, 0.2) is 30.3 Å². The summed E-state index contributed by atoms with van der Waals surface area (Å²) in [5, 5.41) is 27.0. The summed E-state index contributed by atoms with van der Waals surface area (Å²) >= 11 is 0. The zero-order chi connectivity index (χ0) is 17.0. The van der Waals surface area contributed by atoms with Gasteiger partial charge < -0.3 is 15.5 Å². The van der Waals surface area contributed by atoms with Crippen LogP contribution in [0, 0.1) is 6.92 Å². The van der Waals surface area contributed by atoms with Gasteiger partial charge in [-0.05, 0) is 19.4 Å². The first-order valence-corrected chi connectivity index (χ1v) is 7.00. The number of anilines is 1. The van der Waals surface area contributed by atoms with Gasteiger partial charge in [0.25, 0.3) is 5.72 Å². The predicted octanol–water partition coefficient (Wildman–Crippen LogP) is 2.59. The Bertz CT molecular complexity index is 740. The number of hydrogen-bond acceptors (Lipinski definition) is 4. The minimum atomic E-state index is -4.99. The molecule has 3 rings (SSSR count). The molecule has 124 valence electrons. The normalized spacial score (nSPS) is 27.4. The highest BCUT2D eigenvalue weighted by Crippen LogP contribution is 2.48. The van der Waals surface area contributed by atoms with Crippen molar-refractivity contribution in [3.05, 3.63) is 36.0 Å². The summed E-state index contributed by atoms with van der Waals surface area (Å²) in [4.78, 5) is 0. The molecule has 1 aromatic carbocycles. The predicted molar refractivity (Wildman–Crippen MR) is 77.5 cm³/mol. The number of fused-ring (bicyclic) bond motifs is 1. The van der Waals surface area contributed by atoms with Crippen LogP contribution in [0.4, 0.5) is 19.0 Å². The van der Waals surface area contributed by atoms with Gasteiger partial charge in [-0.2, -0.15) is 18.3 Å². The van der Waals surface area contributed by atoms with Gasteiger partial charge in [-0.3, -0.25) is 0 Å². The number of aryl methyl sites for hydroxylation is 1. The van der Waals surface area contributed by atoms with E-state index in [1.54, 1.807) is 37.3 Å². The highest BCUT2D eigenvalue weighted by molar-refractivity contribution is 5.78. The lowest BCUT2D eigenvalue weighted by Crippen LogP contribution is -2.58.